The Morgan fingerprint density at radius 3 is 2.27 bits per heavy atom. The number of amides is 4. The molecule has 0 saturated carbocycles. The minimum Gasteiger partial charge on any atom is -0.342 e. The number of nitrogens with zero attached hydrogens (tertiary/aromatic N) is 4. The topological polar surface area (TPSA) is 97.9 Å². The fourth-order valence-corrected chi connectivity index (χ4v) is 4.43. The van der Waals surface area contributed by atoms with E-state index in [1.54, 1.807) is 15.2 Å². The molecule has 1 fully saturated rings. The molecule has 0 atom stereocenters. The Balaban J connectivity index is 1.44. The van der Waals surface area contributed by atoms with Crippen molar-refractivity contribution < 1.29 is 14.4 Å². The van der Waals surface area contributed by atoms with E-state index in [2.05, 4.69) is 34.9 Å². The second-order valence-corrected chi connectivity index (χ2v) is 8.66. The van der Waals surface area contributed by atoms with Crippen LogP contribution in [0, 0.1) is 0 Å². The summed E-state index contributed by atoms with van der Waals surface area (Å²) in [4.78, 5) is 47.0. The molecule has 1 aromatic heterocycles. The molecule has 0 spiro atoms. The normalized spacial score (nSPS) is 14.1. The van der Waals surface area contributed by atoms with Gasteiger partial charge in [0.1, 0.15) is 10.7 Å². The predicted molar refractivity (Wildman–Crippen MR) is 129 cm³/mol. The molecule has 1 aliphatic heterocycles. The van der Waals surface area contributed by atoms with Crippen LogP contribution in [0.15, 0.2) is 29.6 Å². The maximum absolute atomic E-state index is 12.4. The highest BCUT2D eigenvalue weighted by molar-refractivity contribution is 7.13. The van der Waals surface area contributed by atoms with Gasteiger partial charge in [0.2, 0.25) is 5.91 Å². The first-order chi connectivity index (χ1) is 15.9. The van der Waals surface area contributed by atoms with Crippen LogP contribution in [0.1, 0.15) is 36.8 Å². The first kappa shape index (κ1) is 24.7. The Morgan fingerprint density at radius 1 is 1.00 bits per heavy atom. The highest BCUT2D eigenvalue weighted by Crippen LogP contribution is 2.24. The molecular weight excluding hydrogens is 440 g/mol. The molecule has 0 bridgehead atoms. The van der Waals surface area contributed by atoms with Gasteiger partial charge in [-0.3, -0.25) is 19.9 Å². The van der Waals surface area contributed by atoms with Gasteiger partial charge in [0.05, 0.1) is 6.54 Å². The maximum Gasteiger partial charge on any atom is 0.336 e. The van der Waals surface area contributed by atoms with Crippen molar-refractivity contribution in [1.29, 1.82) is 0 Å². The average Bonchev–Trinajstić information content (AvgIpc) is 3.34. The van der Waals surface area contributed by atoms with Crippen LogP contribution in [0.5, 0.6) is 0 Å². The van der Waals surface area contributed by atoms with Gasteiger partial charge in [0.15, 0.2) is 0 Å². The number of likely N-dealkylation sites (N-methyl/N-ethyl adjacent to an activating group) is 1. The van der Waals surface area contributed by atoms with Crippen LogP contribution >= 0.6 is 11.3 Å². The van der Waals surface area contributed by atoms with E-state index < -0.39 is 5.91 Å². The number of carbonyl (C=O) groups is 3. The molecule has 1 aliphatic rings. The monoisotopic (exact) mass is 472 g/mol. The molecule has 33 heavy (non-hydrogen) atoms. The number of aromatic nitrogens is 1. The van der Waals surface area contributed by atoms with Crippen molar-refractivity contribution in [2.24, 2.45) is 0 Å². The van der Waals surface area contributed by atoms with Crippen molar-refractivity contribution in [3.8, 4) is 10.6 Å². The fraction of sp³-hybridized carbons (Fsp3) is 0.478. The minimum absolute atomic E-state index is 0.106. The lowest BCUT2D eigenvalue weighted by molar-refractivity contribution is -0.132. The summed E-state index contributed by atoms with van der Waals surface area (Å²) < 4.78 is 0. The van der Waals surface area contributed by atoms with Gasteiger partial charge in [-0.1, -0.05) is 31.2 Å². The second kappa shape index (κ2) is 11.8. The SMILES string of the molecule is CCc1ccc(-c2nc(C(=O)NNC(=O)N3CCN(CC(=O)N(CC)CC)CC3)cs2)cc1. The van der Waals surface area contributed by atoms with Crippen LogP contribution in [0.3, 0.4) is 0 Å². The highest BCUT2D eigenvalue weighted by Gasteiger charge is 2.24. The van der Waals surface area contributed by atoms with E-state index in [4.69, 9.17) is 0 Å². The molecule has 3 rings (SSSR count). The molecule has 9 nitrogen and oxygen atoms in total. The highest BCUT2D eigenvalue weighted by atomic mass is 32.1. The lowest BCUT2D eigenvalue weighted by Gasteiger charge is -2.35. The van der Waals surface area contributed by atoms with Crippen LogP contribution < -0.4 is 10.9 Å². The number of carbonyl (C=O) groups excluding carboxylic acids is 3. The summed E-state index contributed by atoms with van der Waals surface area (Å²) in [6.45, 7) is 9.99. The average molecular weight is 473 g/mol. The van der Waals surface area contributed by atoms with Crippen molar-refractivity contribution in [2.75, 3.05) is 45.8 Å². The zero-order valence-electron chi connectivity index (χ0n) is 19.5. The molecule has 4 amide bonds. The Hall–Kier alpha value is -2.98. The smallest absolute Gasteiger partial charge is 0.336 e. The summed E-state index contributed by atoms with van der Waals surface area (Å²) in [5.74, 6) is -0.353. The van der Waals surface area contributed by atoms with Gasteiger partial charge >= 0.3 is 6.03 Å². The third-order valence-electron chi connectivity index (χ3n) is 5.76. The quantitative estimate of drug-likeness (QED) is 0.602. The van der Waals surface area contributed by atoms with E-state index in [1.165, 1.54) is 16.9 Å². The van der Waals surface area contributed by atoms with Crippen molar-refractivity contribution in [3.63, 3.8) is 0 Å². The van der Waals surface area contributed by atoms with Gasteiger partial charge in [0, 0.05) is 50.2 Å². The van der Waals surface area contributed by atoms with Crippen LogP contribution in [-0.4, -0.2) is 83.3 Å². The number of hydrazine groups is 1. The van der Waals surface area contributed by atoms with E-state index in [9.17, 15) is 14.4 Å². The number of nitrogens with one attached hydrogen (secondary N) is 2. The van der Waals surface area contributed by atoms with Gasteiger partial charge in [-0.25, -0.2) is 15.2 Å². The van der Waals surface area contributed by atoms with Gasteiger partial charge in [-0.05, 0) is 25.8 Å². The van der Waals surface area contributed by atoms with Crippen molar-refractivity contribution in [1.82, 2.24) is 30.5 Å². The molecule has 0 unspecified atom stereocenters. The first-order valence-electron chi connectivity index (χ1n) is 11.3. The number of thiazole rings is 1. The van der Waals surface area contributed by atoms with E-state index in [0.717, 1.165) is 17.0 Å². The number of benzene rings is 1. The van der Waals surface area contributed by atoms with Crippen molar-refractivity contribution in [2.45, 2.75) is 27.2 Å². The Bertz CT molecular complexity index is 949. The molecule has 1 saturated heterocycles. The van der Waals surface area contributed by atoms with E-state index in [0.29, 0.717) is 45.8 Å². The number of rotatable bonds is 7. The molecule has 2 heterocycles. The molecule has 0 aliphatic carbocycles. The van der Waals surface area contributed by atoms with Gasteiger partial charge in [0.25, 0.3) is 5.91 Å². The summed E-state index contributed by atoms with van der Waals surface area (Å²) in [5, 5.41) is 2.43. The van der Waals surface area contributed by atoms with E-state index in [1.807, 2.05) is 30.9 Å². The van der Waals surface area contributed by atoms with Gasteiger partial charge < -0.3 is 9.80 Å². The predicted octanol–water partition coefficient (Wildman–Crippen LogP) is 2.21. The number of hydrogen-bond donors (Lipinski definition) is 2. The largest absolute Gasteiger partial charge is 0.342 e. The van der Waals surface area contributed by atoms with Crippen molar-refractivity contribution >= 4 is 29.2 Å². The lowest BCUT2D eigenvalue weighted by Crippen LogP contribution is -2.56. The molecule has 2 aromatic rings. The zero-order chi connectivity index (χ0) is 23.8. The molecular formula is C23H32N6O3S. The van der Waals surface area contributed by atoms with Crippen molar-refractivity contribution in [3.05, 3.63) is 40.9 Å². The second-order valence-electron chi connectivity index (χ2n) is 7.80. The Labute approximate surface area is 198 Å². The standard InChI is InChI=1S/C23H32N6O3S/c1-4-17-7-9-18(10-8-17)22-24-19(16-33-22)21(31)25-26-23(32)29-13-11-27(12-14-29)15-20(30)28(5-2)6-3/h7-10,16H,4-6,11-15H2,1-3H3,(H,25,31)(H,26,32). The summed E-state index contributed by atoms with van der Waals surface area (Å²) in [6, 6.07) is 7.72. The van der Waals surface area contributed by atoms with E-state index >= 15 is 0 Å². The number of urea groups is 1. The third kappa shape index (κ3) is 6.52. The minimum atomic E-state index is -0.459. The molecule has 10 heteroatoms. The number of aryl methyl sites for hydroxylation is 1. The maximum atomic E-state index is 12.4. The molecule has 0 radical (unpaired) electrons. The van der Waals surface area contributed by atoms with Gasteiger partial charge in [-0.2, -0.15) is 0 Å². The van der Waals surface area contributed by atoms with Gasteiger partial charge in [-0.15, -0.1) is 11.3 Å². The number of hydrogen-bond acceptors (Lipinski definition) is 6. The molecule has 1 aromatic carbocycles. The summed E-state index contributed by atoms with van der Waals surface area (Å²) in [7, 11) is 0. The van der Waals surface area contributed by atoms with Crippen LogP contribution in [0.2, 0.25) is 0 Å². The first-order valence-corrected chi connectivity index (χ1v) is 12.2. The summed E-state index contributed by atoms with van der Waals surface area (Å²) in [6.07, 6.45) is 0.967. The molecule has 178 valence electrons. The third-order valence-corrected chi connectivity index (χ3v) is 6.65. The Kier molecular flexibility index (Phi) is 8.79. The van der Waals surface area contributed by atoms with E-state index in [-0.39, 0.29) is 17.6 Å². The van der Waals surface area contributed by atoms with Crippen LogP contribution in [0.25, 0.3) is 10.6 Å². The van der Waals surface area contributed by atoms with Crippen LogP contribution in [-0.2, 0) is 11.2 Å². The fourth-order valence-electron chi connectivity index (χ4n) is 3.62. The number of piperazine rings is 1. The summed E-state index contributed by atoms with van der Waals surface area (Å²) >= 11 is 1.39. The van der Waals surface area contributed by atoms with Crippen LogP contribution in [0.4, 0.5) is 4.79 Å². The zero-order valence-corrected chi connectivity index (χ0v) is 20.3. The summed E-state index contributed by atoms with van der Waals surface area (Å²) in [5.41, 5.74) is 7.37. The Morgan fingerprint density at radius 2 is 1.67 bits per heavy atom. The molecule has 2 N–H and O–H groups in total. The lowest BCUT2D eigenvalue weighted by atomic mass is 10.1.